The fourth-order valence-electron chi connectivity index (χ4n) is 2.38. The highest BCUT2D eigenvalue weighted by molar-refractivity contribution is 9.10. The van der Waals surface area contributed by atoms with Gasteiger partial charge in [-0.2, -0.15) is 0 Å². The summed E-state index contributed by atoms with van der Waals surface area (Å²) in [6, 6.07) is 13.1. The van der Waals surface area contributed by atoms with Crippen LogP contribution in [0.3, 0.4) is 0 Å². The Labute approximate surface area is 166 Å². The summed E-state index contributed by atoms with van der Waals surface area (Å²) in [4.78, 5) is 24.2. The number of anilines is 1. The predicted octanol–water partition coefficient (Wildman–Crippen LogP) is 5.76. The summed E-state index contributed by atoms with van der Waals surface area (Å²) in [5.41, 5.74) is 1.05. The van der Waals surface area contributed by atoms with E-state index in [0.29, 0.717) is 10.4 Å². The third-order valence-corrected chi connectivity index (χ3v) is 5.22. The number of hydrogen-bond acceptors (Lipinski definition) is 4. The summed E-state index contributed by atoms with van der Waals surface area (Å²) < 4.78 is 19.4. The summed E-state index contributed by atoms with van der Waals surface area (Å²) in [5, 5.41) is 13.5. The third kappa shape index (κ3) is 4.53. The first-order valence-corrected chi connectivity index (χ1v) is 9.41. The Morgan fingerprint density at radius 2 is 1.85 bits per heavy atom. The highest BCUT2D eigenvalue weighted by Gasteiger charge is 2.21. The van der Waals surface area contributed by atoms with E-state index in [-0.39, 0.29) is 23.4 Å². The lowest BCUT2D eigenvalue weighted by atomic mass is 10.1. The van der Waals surface area contributed by atoms with Gasteiger partial charge in [0.2, 0.25) is 0 Å². The standard InChI is InChI=1S/C19H13BrFNO4S/c20-13-7-5-11(6-8-13)17-16(18(23)24)15(10-27-17)22-19(25)26-9-12-3-1-2-4-14(12)21/h1-8,10H,9H2,(H,22,25)(H,23,24). The van der Waals surface area contributed by atoms with Crippen molar-refractivity contribution in [2.45, 2.75) is 6.61 Å². The van der Waals surface area contributed by atoms with Gasteiger partial charge in [-0.05, 0) is 23.8 Å². The van der Waals surface area contributed by atoms with Crippen LogP contribution in [-0.4, -0.2) is 17.2 Å². The van der Waals surface area contributed by atoms with Crippen molar-refractivity contribution in [1.29, 1.82) is 0 Å². The molecule has 0 bridgehead atoms. The Kier molecular flexibility index (Phi) is 5.88. The first kappa shape index (κ1) is 19.1. The molecule has 8 heteroatoms. The molecule has 1 heterocycles. The number of carboxylic acids is 1. The minimum atomic E-state index is -1.17. The molecule has 3 rings (SSSR count). The lowest BCUT2D eigenvalue weighted by Crippen LogP contribution is -2.15. The number of nitrogens with one attached hydrogen (secondary N) is 1. The molecule has 0 fully saturated rings. The number of thiophene rings is 1. The molecule has 2 aromatic carbocycles. The molecule has 3 aromatic rings. The molecule has 0 spiro atoms. The van der Waals surface area contributed by atoms with E-state index in [1.54, 1.807) is 30.3 Å². The molecule has 0 saturated heterocycles. The molecule has 0 aliphatic carbocycles. The van der Waals surface area contributed by atoms with Gasteiger partial charge in [-0.25, -0.2) is 14.0 Å². The summed E-state index contributed by atoms with van der Waals surface area (Å²) >= 11 is 4.53. The summed E-state index contributed by atoms with van der Waals surface area (Å²) in [6.07, 6.45) is -0.860. The molecular weight excluding hydrogens is 437 g/mol. The fraction of sp³-hybridized carbons (Fsp3) is 0.0526. The molecule has 0 aliphatic rings. The normalized spacial score (nSPS) is 10.4. The van der Waals surface area contributed by atoms with Gasteiger partial charge < -0.3 is 9.84 Å². The van der Waals surface area contributed by atoms with E-state index in [0.717, 1.165) is 4.47 Å². The largest absolute Gasteiger partial charge is 0.478 e. The van der Waals surface area contributed by atoms with Gasteiger partial charge >= 0.3 is 12.1 Å². The average Bonchev–Trinajstić information content (AvgIpc) is 3.05. The van der Waals surface area contributed by atoms with Crippen molar-refractivity contribution < 1.29 is 23.8 Å². The van der Waals surface area contributed by atoms with Gasteiger partial charge in [0.1, 0.15) is 18.0 Å². The van der Waals surface area contributed by atoms with E-state index in [2.05, 4.69) is 21.2 Å². The Bertz CT molecular complexity index is 988. The maximum Gasteiger partial charge on any atom is 0.412 e. The van der Waals surface area contributed by atoms with Crippen LogP contribution in [0.2, 0.25) is 0 Å². The zero-order chi connectivity index (χ0) is 19.4. The van der Waals surface area contributed by atoms with Crippen molar-refractivity contribution in [3.63, 3.8) is 0 Å². The van der Waals surface area contributed by atoms with Crippen LogP contribution in [0, 0.1) is 5.82 Å². The number of ether oxygens (including phenoxy) is 1. The molecular formula is C19H13BrFNO4S. The minimum absolute atomic E-state index is 0.0230. The number of carboxylic acid groups (broad SMARTS) is 1. The number of amides is 1. The third-order valence-electron chi connectivity index (χ3n) is 3.66. The van der Waals surface area contributed by atoms with Crippen LogP contribution < -0.4 is 5.32 Å². The van der Waals surface area contributed by atoms with E-state index < -0.39 is 17.9 Å². The Morgan fingerprint density at radius 3 is 2.52 bits per heavy atom. The quantitative estimate of drug-likeness (QED) is 0.518. The molecule has 0 atom stereocenters. The molecule has 2 N–H and O–H groups in total. The lowest BCUT2D eigenvalue weighted by molar-refractivity contribution is 0.0699. The number of carbonyl (C=O) groups excluding carboxylic acids is 1. The summed E-state index contributed by atoms with van der Waals surface area (Å²) in [7, 11) is 0. The Hall–Kier alpha value is -2.71. The lowest BCUT2D eigenvalue weighted by Gasteiger charge is -2.08. The molecule has 1 aromatic heterocycles. The van der Waals surface area contributed by atoms with E-state index >= 15 is 0 Å². The Morgan fingerprint density at radius 1 is 1.15 bits per heavy atom. The highest BCUT2D eigenvalue weighted by Crippen LogP contribution is 2.36. The maximum absolute atomic E-state index is 13.6. The van der Waals surface area contributed by atoms with Crippen molar-refractivity contribution >= 4 is 45.0 Å². The number of aromatic carboxylic acids is 1. The zero-order valence-corrected chi connectivity index (χ0v) is 16.1. The van der Waals surface area contributed by atoms with Crippen LogP contribution in [0.1, 0.15) is 15.9 Å². The number of carbonyl (C=O) groups is 2. The smallest absolute Gasteiger partial charge is 0.412 e. The van der Waals surface area contributed by atoms with Crippen LogP contribution in [0.5, 0.6) is 0 Å². The van der Waals surface area contributed by atoms with E-state index in [1.165, 1.54) is 34.9 Å². The van der Waals surface area contributed by atoms with Crippen LogP contribution >= 0.6 is 27.3 Å². The summed E-state index contributed by atoms with van der Waals surface area (Å²) in [6.45, 7) is -0.259. The molecule has 0 radical (unpaired) electrons. The SMILES string of the molecule is O=C(Nc1csc(-c2ccc(Br)cc2)c1C(=O)O)OCc1ccccc1F. The molecule has 0 unspecified atom stereocenters. The number of halogens is 2. The first-order chi connectivity index (χ1) is 13.0. The van der Waals surface area contributed by atoms with Crippen LogP contribution in [0.15, 0.2) is 58.4 Å². The van der Waals surface area contributed by atoms with E-state index in [9.17, 15) is 19.1 Å². The molecule has 5 nitrogen and oxygen atoms in total. The zero-order valence-electron chi connectivity index (χ0n) is 13.7. The molecule has 1 amide bonds. The number of hydrogen-bond donors (Lipinski definition) is 2. The van der Waals surface area contributed by atoms with Gasteiger partial charge in [0.25, 0.3) is 0 Å². The molecule has 27 heavy (non-hydrogen) atoms. The predicted molar refractivity (Wildman–Crippen MR) is 105 cm³/mol. The van der Waals surface area contributed by atoms with Gasteiger partial charge in [0.05, 0.1) is 10.6 Å². The maximum atomic E-state index is 13.6. The van der Waals surface area contributed by atoms with Crippen molar-refractivity contribution in [3.8, 4) is 10.4 Å². The van der Waals surface area contributed by atoms with Gasteiger partial charge in [-0.1, -0.05) is 46.3 Å². The van der Waals surface area contributed by atoms with Crippen molar-refractivity contribution in [2.75, 3.05) is 5.32 Å². The van der Waals surface area contributed by atoms with E-state index in [1.807, 2.05) is 0 Å². The minimum Gasteiger partial charge on any atom is -0.478 e. The second-order valence-electron chi connectivity index (χ2n) is 5.46. The van der Waals surface area contributed by atoms with Crippen molar-refractivity contribution in [2.24, 2.45) is 0 Å². The van der Waals surface area contributed by atoms with Gasteiger partial charge in [0, 0.05) is 15.4 Å². The molecule has 0 aliphatic heterocycles. The van der Waals surface area contributed by atoms with Crippen molar-refractivity contribution in [1.82, 2.24) is 0 Å². The highest BCUT2D eigenvalue weighted by atomic mass is 79.9. The fourth-order valence-corrected chi connectivity index (χ4v) is 3.64. The average molecular weight is 450 g/mol. The van der Waals surface area contributed by atoms with Gasteiger partial charge in [0.15, 0.2) is 0 Å². The second kappa shape index (κ2) is 8.32. The van der Waals surface area contributed by atoms with Crippen LogP contribution in [-0.2, 0) is 11.3 Å². The monoisotopic (exact) mass is 449 g/mol. The first-order valence-electron chi connectivity index (χ1n) is 7.73. The van der Waals surface area contributed by atoms with E-state index in [4.69, 9.17) is 4.74 Å². The number of rotatable bonds is 5. The molecule has 138 valence electrons. The van der Waals surface area contributed by atoms with Gasteiger partial charge in [-0.3, -0.25) is 5.32 Å². The van der Waals surface area contributed by atoms with Crippen LogP contribution in [0.4, 0.5) is 14.9 Å². The topological polar surface area (TPSA) is 75.6 Å². The second-order valence-corrected chi connectivity index (χ2v) is 7.25. The van der Waals surface area contributed by atoms with Crippen molar-refractivity contribution in [3.05, 3.63) is 75.3 Å². The Balaban J connectivity index is 1.76. The van der Waals surface area contributed by atoms with Gasteiger partial charge in [-0.15, -0.1) is 11.3 Å². The number of benzene rings is 2. The summed E-state index contributed by atoms with van der Waals surface area (Å²) in [5.74, 6) is -1.65. The molecule has 0 saturated carbocycles. The van der Waals surface area contributed by atoms with Crippen LogP contribution in [0.25, 0.3) is 10.4 Å².